The van der Waals surface area contributed by atoms with Crippen molar-refractivity contribution in [1.29, 1.82) is 0 Å². The Morgan fingerprint density at radius 3 is 2.58 bits per heavy atom. The van der Waals surface area contributed by atoms with Gasteiger partial charge in [-0.05, 0) is 44.0 Å². The van der Waals surface area contributed by atoms with Crippen LogP contribution in [0.2, 0.25) is 0 Å². The van der Waals surface area contributed by atoms with Crippen molar-refractivity contribution in [3.8, 4) is 5.75 Å². The maximum atomic E-state index is 5.18. The summed E-state index contributed by atoms with van der Waals surface area (Å²) in [5.41, 5.74) is 1.32. The van der Waals surface area contributed by atoms with Gasteiger partial charge in [0, 0.05) is 25.2 Å². The molecule has 1 saturated heterocycles. The zero-order valence-electron chi connectivity index (χ0n) is 12.5. The third-order valence-electron chi connectivity index (χ3n) is 4.34. The van der Waals surface area contributed by atoms with Gasteiger partial charge in [0.1, 0.15) is 5.75 Å². The van der Waals surface area contributed by atoms with Crippen molar-refractivity contribution in [3.05, 3.63) is 29.8 Å². The third kappa shape index (κ3) is 3.71. The fraction of sp³-hybridized carbons (Fsp3) is 0.625. The highest BCUT2D eigenvalue weighted by atomic mass is 16.5. The molecule has 0 unspecified atom stereocenters. The van der Waals surface area contributed by atoms with Crippen molar-refractivity contribution in [2.24, 2.45) is 5.92 Å². The molecule has 1 aliphatic rings. The van der Waals surface area contributed by atoms with Crippen LogP contribution in [0.25, 0.3) is 0 Å². The number of rotatable bonds is 4. The molecule has 3 nitrogen and oxygen atoms in total. The number of methoxy groups -OCH3 is 1. The Balaban J connectivity index is 1.87. The number of ether oxygens (including phenoxy) is 1. The molecule has 0 radical (unpaired) electrons. The Labute approximate surface area is 116 Å². The molecule has 0 spiro atoms. The molecule has 0 aromatic heterocycles. The van der Waals surface area contributed by atoms with Crippen LogP contribution in [0.1, 0.15) is 25.8 Å². The summed E-state index contributed by atoms with van der Waals surface area (Å²) in [6.45, 7) is 6.78. The molecule has 3 atom stereocenters. The van der Waals surface area contributed by atoms with Gasteiger partial charge < -0.3 is 15.0 Å². The fourth-order valence-corrected chi connectivity index (χ4v) is 2.82. The fourth-order valence-electron chi connectivity index (χ4n) is 2.82. The van der Waals surface area contributed by atoms with Crippen LogP contribution in [0.3, 0.4) is 0 Å². The molecule has 0 saturated carbocycles. The highest BCUT2D eigenvalue weighted by Gasteiger charge is 2.28. The summed E-state index contributed by atoms with van der Waals surface area (Å²) in [6, 6.07) is 9.61. The number of nitrogens with zero attached hydrogens (tertiary/aromatic N) is 1. The second-order valence-electron chi connectivity index (χ2n) is 5.84. The lowest BCUT2D eigenvalue weighted by molar-refractivity contribution is 0.121. The molecule has 1 N–H and O–H groups in total. The lowest BCUT2D eigenvalue weighted by Crippen LogP contribution is -2.50. The summed E-state index contributed by atoms with van der Waals surface area (Å²) in [7, 11) is 3.93. The van der Waals surface area contributed by atoms with E-state index in [4.69, 9.17) is 4.74 Å². The largest absolute Gasteiger partial charge is 0.497 e. The average molecular weight is 262 g/mol. The first-order valence-corrected chi connectivity index (χ1v) is 7.16. The number of benzene rings is 1. The molecule has 0 amide bonds. The number of hydrogen-bond donors (Lipinski definition) is 1. The van der Waals surface area contributed by atoms with Gasteiger partial charge in [-0.3, -0.25) is 0 Å². The standard InChI is InChI=1S/C16H26N2O/c1-12-11-18(3)13(2)9-16(12)17-10-14-5-7-15(19-4)8-6-14/h5-8,12-13,16-17H,9-11H2,1-4H3/t12-,13+,16+/m1/s1. The van der Waals surface area contributed by atoms with Gasteiger partial charge in [-0.1, -0.05) is 19.1 Å². The normalized spacial score (nSPS) is 28.3. The monoisotopic (exact) mass is 262 g/mol. The molecule has 1 aromatic carbocycles. The maximum Gasteiger partial charge on any atom is 0.118 e. The minimum absolute atomic E-state index is 0.619. The molecule has 1 fully saturated rings. The minimum Gasteiger partial charge on any atom is -0.497 e. The molecule has 106 valence electrons. The number of piperidine rings is 1. The van der Waals surface area contributed by atoms with E-state index in [1.54, 1.807) is 7.11 Å². The zero-order valence-corrected chi connectivity index (χ0v) is 12.5. The zero-order chi connectivity index (χ0) is 13.8. The molecule has 1 heterocycles. The summed E-state index contributed by atoms with van der Waals surface area (Å²) in [6.07, 6.45) is 1.23. The Morgan fingerprint density at radius 2 is 1.95 bits per heavy atom. The Hall–Kier alpha value is -1.06. The summed E-state index contributed by atoms with van der Waals surface area (Å²) < 4.78 is 5.18. The van der Waals surface area contributed by atoms with E-state index in [-0.39, 0.29) is 0 Å². The highest BCUT2D eigenvalue weighted by Crippen LogP contribution is 2.21. The van der Waals surface area contributed by atoms with Crippen LogP contribution >= 0.6 is 0 Å². The average Bonchev–Trinajstić information content (AvgIpc) is 2.42. The van der Waals surface area contributed by atoms with E-state index in [1.807, 2.05) is 12.1 Å². The molecule has 2 rings (SSSR count). The first-order valence-electron chi connectivity index (χ1n) is 7.16. The van der Waals surface area contributed by atoms with E-state index >= 15 is 0 Å². The van der Waals surface area contributed by atoms with Gasteiger partial charge in [0.05, 0.1) is 7.11 Å². The number of nitrogens with one attached hydrogen (secondary N) is 1. The molecule has 19 heavy (non-hydrogen) atoms. The van der Waals surface area contributed by atoms with E-state index < -0.39 is 0 Å². The van der Waals surface area contributed by atoms with Crippen LogP contribution in [0.4, 0.5) is 0 Å². The predicted octanol–water partition coefficient (Wildman–Crippen LogP) is 2.51. The highest BCUT2D eigenvalue weighted by molar-refractivity contribution is 5.27. The van der Waals surface area contributed by atoms with Gasteiger partial charge in [-0.25, -0.2) is 0 Å². The molecule has 3 heteroatoms. The second-order valence-corrected chi connectivity index (χ2v) is 5.84. The van der Waals surface area contributed by atoms with Crippen LogP contribution in [0.15, 0.2) is 24.3 Å². The van der Waals surface area contributed by atoms with E-state index in [0.717, 1.165) is 12.3 Å². The van der Waals surface area contributed by atoms with Crippen molar-refractivity contribution < 1.29 is 4.74 Å². The smallest absolute Gasteiger partial charge is 0.118 e. The van der Waals surface area contributed by atoms with E-state index in [1.165, 1.54) is 18.5 Å². The molecule has 1 aliphatic heterocycles. The van der Waals surface area contributed by atoms with Gasteiger partial charge >= 0.3 is 0 Å². The van der Waals surface area contributed by atoms with Crippen LogP contribution in [0, 0.1) is 5.92 Å². The van der Waals surface area contributed by atoms with Crippen molar-refractivity contribution in [2.45, 2.75) is 38.9 Å². The lowest BCUT2D eigenvalue weighted by atomic mass is 9.90. The summed E-state index contributed by atoms with van der Waals surface area (Å²) in [5, 5.41) is 3.71. The van der Waals surface area contributed by atoms with Gasteiger partial charge in [0.2, 0.25) is 0 Å². The first kappa shape index (κ1) is 14.4. The quantitative estimate of drug-likeness (QED) is 0.902. The van der Waals surface area contributed by atoms with Crippen LogP contribution < -0.4 is 10.1 Å². The van der Waals surface area contributed by atoms with Gasteiger partial charge in [0.15, 0.2) is 0 Å². The van der Waals surface area contributed by atoms with Gasteiger partial charge in [-0.15, -0.1) is 0 Å². The van der Waals surface area contributed by atoms with Crippen LogP contribution in [0.5, 0.6) is 5.75 Å². The van der Waals surface area contributed by atoms with Gasteiger partial charge in [0.25, 0.3) is 0 Å². The first-order chi connectivity index (χ1) is 9.10. The van der Waals surface area contributed by atoms with Crippen molar-refractivity contribution in [2.75, 3.05) is 20.7 Å². The van der Waals surface area contributed by atoms with E-state index in [2.05, 4.69) is 43.2 Å². The second kappa shape index (κ2) is 6.40. The van der Waals surface area contributed by atoms with Crippen LogP contribution in [-0.2, 0) is 6.54 Å². The molecule has 0 aliphatic carbocycles. The Kier molecular flexibility index (Phi) is 4.83. The van der Waals surface area contributed by atoms with Crippen LogP contribution in [-0.4, -0.2) is 37.7 Å². The Bertz CT molecular complexity index is 390. The summed E-state index contributed by atoms with van der Waals surface area (Å²) in [4.78, 5) is 2.45. The van der Waals surface area contributed by atoms with Crippen molar-refractivity contribution in [1.82, 2.24) is 10.2 Å². The summed E-state index contributed by atoms with van der Waals surface area (Å²) >= 11 is 0. The van der Waals surface area contributed by atoms with E-state index in [9.17, 15) is 0 Å². The van der Waals surface area contributed by atoms with E-state index in [0.29, 0.717) is 18.0 Å². The number of hydrogen-bond acceptors (Lipinski definition) is 3. The number of likely N-dealkylation sites (tertiary alicyclic amines) is 1. The predicted molar refractivity (Wildman–Crippen MR) is 79.5 cm³/mol. The maximum absolute atomic E-state index is 5.18. The molecule has 1 aromatic rings. The molecular formula is C16H26N2O. The summed E-state index contributed by atoms with van der Waals surface area (Å²) in [5.74, 6) is 1.63. The molecular weight excluding hydrogens is 236 g/mol. The Morgan fingerprint density at radius 1 is 1.26 bits per heavy atom. The van der Waals surface area contributed by atoms with Gasteiger partial charge in [-0.2, -0.15) is 0 Å². The lowest BCUT2D eigenvalue weighted by Gasteiger charge is -2.40. The third-order valence-corrected chi connectivity index (χ3v) is 4.34. The molecule has 0 bridgehead atoms. The SMILES string of the molecule is COc1ccc(CN[C@H]2C[C@H](C)N(C)C[C@H]2C)cc1. The topological polar surface area (TPSA) is 24.5 Å². The van der Waals surface area contributed by atoms with Crippen molar-refractivity contribution >= 4 is 0 Å². The minimum atomic E-state index is 0.619. The van der Waals surface area contributed by atoms with Crippen molar-refractivity contribution in [3.63, 3.8) is 0 Å².